The Hall–Kier alpha value is -1.11. The molecule has 23 heavy (non-hydrogen) atoms. The highest BCUT2D eigenvalue weighted by molar-refractivity contribution is 5.94. The van der Waals surface area contributed by atoms with Crippen molar-refractivity contribution >= 4 is 11.6 Å². The van der Waals surface area contributed by atoms with Crippen LogP contribution in [0.3, 0.4) is 0 Å². The fraction of sp³-hybridized carbons (Fsp3) is 0.875. The van der Waals surface area contributed by atoms with Crippen LogP contribution in [-0.2, 0) is 4.79 Å². The van der Waals surface area contributed by atoms with Gasteiger partial charge in [0.15, 0.2) is 0 Å². The van der Waals surface area contributed by atoms with Crippen LogP contribution in [0, 0.1) is 23.2 Å². The van der Waals surface area contributed by atoms with Crippen LogP contribution in [0.5, 0.6) is 0 Å². The van der Waals surface area contributed by atoms with Gasteiger partial charge in [-0.05, 0) is 43.4 Å². The second kappa shape index (κ2) is 4.94. The van der Waals surface area contributed by atoms with E-state index in [1.807, 2.05) is 20.8 Å². The van der Waals surface area contributed by atoms with Gasteiger partial charge >= 0.3 is 6.18 Å². The molecule has 7 heteroatoms. The molecule has 1 N–H and O–H groups in total. The number of alkyl halides is 3. The largest absolute Gasteiger partial charge is 0.439 e. The molecule has 1 heterocycles. The number of hydrogen-bond acceptors (Lipinski definition) is 3. The second-order valence-electron chi connectivity index (χ2n) is 8.13. The molecule has 2 aliphatic carbocycles. The number of halogens is 3. The molecular formula is C16H23F3N2O2. The molecule has 0 aromatic heterocycles. The van der Waals surface area contributed by atoms with Crippen molar-refractivity contribution in [1.82, 2.24) is 5.01 Å². The molecule has 2 saturated carbocycles. The predicted molar refractivity (Wildman–Crippen MR) is 78.3 cm³/mol. The minimum atomic E-state index is -4.92. The van der Waals surface area contributed by atoms with E-state index in [0.717, 1.165) is 6.42 Å². The van der Waals surface area contributed by atoms with Crippen LogP contribution in [-0.4, -0.2) is 33.6 Å². The molecule has 3 aliphatic rings. The molecule has 0 aromatic rings. The number of amides is 1. The van der Waals surface area contributed by atoms with Crippen molar-refractivity contribution in [2.24, 2.45) is 28.3 Å². The first-order valence-corrected chi connectivity index (χ1v) is 8.16. The second-order valence-corrected chi connectivity index (χ2v) is 8.13. The summed E-state index contributed by atoms with van der Waals surface area (Å²) in [5.41, 5.74) is -3.02. The predicted octanol–water partition coefficient (Wildman–Crippen LogP) is 3.31. The number of fused-ring (bicyclic) bond motifs is 1. The molecule has 1 amide bonds. The van der Waals surface area contributed by atoms with Crippen molar-refractivity contribution in [1.29, 1.82) is 0 Å². The van der Waals surface area contributed by atoms with Crippen molar-refractivity contribution in [2.45, 2.75) is 64.8 Å². The number of hydrogen-bond donors (Lipinski definition) is 1. The van der Waals surface area contributed by atoms with E-state index in [1.54, 1.807) is 0 Å². The summed E-state index contributed by atoms with van der Waals surface area (Å²) in [6.07, 6.45) is -2.44. The summed E-state index contributed by atoms with van der Waals surface area (Å²) in [4.78, 5) is 12.3. The van der Waals surface area contributed by atoms with Gasteiger partial charge in [-0.25, -0.2) is 0 Å². The molecule has 3 atom stereocenters. The molecule has 0 unspecified atom stereocenters. The van der Waals surface area contributed by atoms with Gasteiger partial charge in [-0.3, -0.25) is 4.79 Å². The molecular weight excluding hydrogens is 309 g/mol. The Morgan fingerprint density at radius 2 is 1.87 bits per heavy atom. The van der Waals surface area contributed by atoms with E-state index in [4.69, 9.17) is 0 Å². The molecule has 0 radical (unpaired) electrons. The Labute approximate surface area is 133 Å². The summed E-state index contributed by atoms with van der Waals surface area (Å²) in [5, 5.41) is 14.9. The Kier molecular flexibility index (Phi) is 3.60. The zero-order chi connectivity index (χ0) is 17.2. The van der Waals surface area contributed by atoms with Gasteiger partial charge in [0.25, 0.3) is 5.72 Å². The molecule has 0 bridgehead atoms. The summed E-state index contributed by atoms with van der Waals surface area (Å²) in [6, 6.07) is 0. The molecule has 2 fully saturated rings. The zero-order valence-corrected chi connectivity index (χ0v) is 13.7. The minimum absolute atomic E-state index is 0.0521. The first-order valence-electron chi connectivity index (χ1n) is 8.16. The lowest BCUT2D eigenvalue weighted by molar-refractivity contribution is -0.318. The third-order valence-electron chi connectivity index (χ3n) is 5.49. The highest BCUT2D eigenvalue weighted by Gasteiger charge is 2.69. The Morgan fingerprint density at radius 3 is 2.35 bits per heavy atom. The van der Waals surface area contributed by atoms with Crippen LogP contribution in [0.1, 0.15) is 52.9 Å². The maximum absolute atomic E-state index is 13.7. The summed E-state index contributed by atoms with van der Waals surface area (Å²) < 4.78 is 41.1. The normalized spacial score (nSPS) is 35.1. The fourth-order valence-electron chi connectivity index (χ4n) is 3.73. The Balaban J connectivity index is 1.96. The van der Waals surface area contributed by atoms with Crippen LogP contribution in [0.25, 0.3) is 0 Å². The molecule has 0 aromatic carbocycles. The lowest BCUT2D eigenvalue weighted by Crippen LogP contribution is -2.62. The van der Waals surface area contributed by atoms with E-state index < -0.39 is 29.6 Å². The van der Waals surface area contributed by atoms with Crippen LogP contribution < -0.4 is 0 Å². The van der Waals surface area contributed by atoms with Gasteiger partial charge < -0.3 is 5.11 Å². The highest BCUT2D eigenvalue weighted by Crippen LogP contribution is 2.52. The first-order chi connectivity index (χ1) is 10.5. The van der Waals surface area contributed by atoms with Gasteiger partial charge in [0.2, 0.25) is 5.91 Å². The SMILES string of the molecule is CC(C)(C)[C@@H]1CCC2=NN(C(=O)C3CC3)[C@](O)(C(F)(F)F)[C@H]2C1. The van der Waals surface area contributed by atoms with Gasteiger partial charge in [0, 0.05) is 11.6 Å². The van der Waals surface area contributed by atoms with Crippen molar-refractivity contribution in [3.63, 3.8) is 0 Å². The van der Waals surface area contributed by atoms with Crippen LogP contribution in [0.2, 0.25) is 0 Å². The van der Waals surface area contributed by atoms with E-state index in [9.17, 15) is 23.1 Å². The molecule has 0 spiro atoms. The van der Waals surface area contributed by atoms with E-state index in [-0.39, 0.29) is 17.8 Å². The van der Waals surface area contributed by atoms with E-state index in [1.165, 1.54) is 0 Å². The maximum atomic E-state index is 13.7. The molecule has 1 aliphatic heterocycles. The number of hydrazone groups is 1. The smallest absolute Gasteiger partial charge is 0.362 e. The lowest BCUT2D eigenvalue weighted by atomic mass is 9.66. The number of carbonyl (C=O) groups is 1. The third kappa shape index (κ3) is 2.57. The van der Waals surface area contributed by atoms with E-state index in [2.05, 4.69) is 5.10 Å². The van der Waals surface area contributed by atoms with Crippen LogP contribution in [0.4, 0.5) is 13.2 Å². The monoisotopic (exact) mass is 332 g/mol. The minimum Gasteiger partial charge on any atom is -0.362 e. The highest BCUT2D eigenvalue weighted by atomic mass is 19.4. The van der Waals surface area contributed by atoms with Crippen LogP contribution in [0.15, 0.2) is 5.10 Å². The molecule has 130 valence electrons. The van der Waals surface area contributed by atoms with Crippen molar-refractivity contribution in [3.8, 4) is 0 Å². The Morgan fingerprint density at radius 1 is 1.26 bits per heavy atom. The van der Waals surface area contributed by atoms with Gasteiger partial charge in [-0.1, -0.05) is 20.8 Å². The average molecular weight is 332 g/mol. The van der Waals surface area contributed by atoms with Gasteiger partial charge in [-0.2, -0.15) is 23.3 Å². The maximum Gasteiger partial charge on any atom is 0.439 e. The zero-order valence-electron chi connectivity index (χ0n) is 13.7. The number of rotatable bonds is 1. The molecule has 3 rings (SSSR count). The molecule has 4 nitrogen and oxygen atoms in total. The first kappa shape index (κ1) is 16.7. The number of carbonyl (C=O) groups excluding carboxylic acids is 1. The quantitative estimate of drug-likeness (QED) is 0.801. The average Bonchev–Trinajstić information content (AvgIpc) is 3.21. The topological polar surface area (TPSA) is 52.9 Å². The van der Waals surface area contributed by atoms with Gasteiger partial charge in [0.05, 0.1) is 5.92 Å². The van der Waals surface area contributed by atoms with Crippen molar-refractivity contribution in [2.75, 3.05) is 0 Å². The number of nitrogens with zero attached hydrogens (tertiary/aromatic N) is 2. The standard InChI is InChI=1S/C16H23F3N2O2/c1-14(2,3)10-6-7-12-11(8-10)15(23,16(17,18)19)21(20-12)13(22)9-4-5-9/h9-11,23H,4-8H2,1-3H3/t10-,11+,15-/m1/s1. The van der Waals surface area contributed by atoms with Gasteiger partial charge in [-0.15, -0.1) is 0 Å². The van der Waals surface area contributed by atoms with E-state index >= 15 is 0 Å². The van der Waals surface area contributed by atoms with Crippen LogP contribution >= 0.6 is 0 Å². The van der Waals surface area contributed by atoms with Crippen molar-refractivity contribution in [3.05, 3.63) is 0 Å². The van der Waals surface area contributed by atoms with Crippen molar-refractivity contribution < 1.29 is 23.1 Å². The Bertz CT molecular complexity index is 549. The summed E-state index contributed by atoms with van der Waals surface area (Å²) >= 11 is 0. The summed E-state index contributed by atoms with van der Waals surface area (Å²) in [5.74, 6) is -2.22. The van der Waals surface area contributed by atoms with Gasteiger partial charge in [0.1, 0.15) is 0 Å². The molecule has 0 saturated heterocycles. The lowest BCUT2D eigenvalue weighted by Gasteiger charge is -2.42. The fourth-order valence-corrected chi connectivity index (χ4v) is 3.73. The summed E-state index contributed by atoms with van der Waals surface area (Å²) in [7, 11) is 0. The third-order valence-corrected chi connectivity index (χ3v) is 5.49. The number of aliphatic hydroxyl groups is 1. The van der Waals surface area contributed by atoms with E-state index in [0.29, 0.717) is 30.0 Å². The summed E-state index contributed by atoms with van der Waals surface area (Å²) in [6.45, 7) is 5.98.